The lowest BCUT2D eigenvalue weighted by Gasteiger charge is -2.08. The fourth-order valence-corrected chi connectivity index (χ4v) is 2.88. The molecule has 6 heteroatoms. The Morgan fingerprint density at radius 1 is 0.862 bits per heavy atom. The van der Waals surface area contributed by atoms with Crippen LogP contribution in [-0.2, 0) is 6.61 Å². The van der Waals surface area contributed by atoms with Gasteiger partial charge in [0.2, 0.25) is 0 Å². The Morgan fingerprint density at radius 3 is 2.14 bits per heavy atom. The molecule has 0 unspecified atom stereocenters. The summed E-state index contributed by atoms with van der Waals surface area (Å²) in [5, 5.41) is 0.852. The summed E-state index contributed by atoms with van der Waals surface area (Å²) in [5.74, 6) is 2.23. The van der Waals surface area contributed by atoms with Crippen LogP contribution < -0.4 is 14.2 Å². The number of rotatable bonds is 5. The van der Waals surface area contributed by atoms with Crippen LogP contribution in [0.1, 0.15) is 5.56 Å². The smallest absolute Gasteiger partial charge is 0.162 e. The van der Waals surface area contributed by atoms with Crippen molar-refractivity contribution in [1.82, 2.24) is 9.97 Å². The van der Waals surface area contributed by atoms with Gasteiger partial charge in [-0.25, -0.2) is 4.98 Å². The lowest BCUT2D eigenvalue weighted by molar-refractivity contribution is 0.306. The van der Waals surface area contributed by atoms with Crippen LogP contribution in [0.4, 0.5) is 0 Å². The first-order valence-corrected chi connectivity index (χ1v) is 9.43. The topological polar surface area (TPSA) is 56.4 Å². The van der Waals surface area contributed by atoms with Crippen LogP contribution in [0.2, 0.25) is 0 Å². The summed E-state index contributed by atoms with van der Waals surface area (Å²) in [4.78, 5) is 7.01. The molecule has 4 aromatic rings. The van der Waals surface area contributed by atoms with Gasteiger partial charge in [0.1, 0.15) is 17.0 Å². The van der Waals surface area contributed by atoms with E-state index in [0.717, 1.165) is 16.7 Å². The number of benzene rings is 3. The second kappa shape index (κ2) is 10.2. The average molecular weight is 407 g/mol. The number of nitrogens with zero attached hydrogens (tertiary/aromatic N) is 1. The van der Waals surface area contributed by atoms with E-state index in [1.165, 1.54) is 5.56 Å². The fraction of sp³-hybridized carbons (Fsp3) is 0.130. The van der Waals surface area contributed by atoms with Crippen LogP contribution in [-0.4, -0.2) is 24.2 Å². The molecule has 0 amide bonds. The number of nitrogens with one attached hydrogen (secondary N) is 1. The van der Waals surface area contributed by atoms with E-state index in [9.17, 15) is 0 Å². The van der Waals surface area contributed by atoms with Crippen LogP contribution in [0.15, 0.2) is 79.1 Å². The number of fused-ring (bicyclic) bond motifs is 1. The highest BCUT2D eigenvalue weighted by atomic mass is 32.1. The van der Waals surface area contributed by atoms with Gasteiger partial charge in [-0.15, -0.1) is 0 Å². The van der Waals surface area contributed by atoms with Gasteiger partial charge in [-0.05, 0) is 23.8 Å². The van der Waals surface area contributed by atoms with Crippen LogP contribution in [0.25, 0.3) is 10.9 Å². The Bertz CT molecular complexity index is 1060. The molecule has 29 heavy (non-hydrogen) atoms. The van der Waals surface area contributed by atoms with Crippen molar-refractivity contribution < 1.29 is 14.2 Å². The van der Waals surface area contributed by atoms with Crippen LogP contribution in [0, 0.1) is 4.64 Å². The molecular formula is C23H22N2O3S. The summed E-state index contributed by atoms with van der Waals surface area (Å²) in [6.45, 7) is 0.630. The summed E-state index contributed by atoms with van der Waals surface area (Å²) in [6, 6.07) is 23.7. The predicted molar refractivity (Wildman–Crippen MR) is 117 cm³/mol. The van der Waals surface area contributed by atoms with Crippen molar-refractivity contribution in [2.45, 2.75) is 6.61 Å². The molecule has 4 rings (SSSR count). The van der Waals surface area contributed by atoms with E-state index >= 15 is 0 Å². The minimum atomic E-state index is 0.546. The number of para-hydroxylation sites is 1. The number of hydrogen-bond donors (Lipinski definition) is 1. The van der Waals surface area contributed by atoms with E-state index in [-0.39, 0.29) is 0 Å². The molecule has 0 aliphatic carbocycles. The number of aromatic amines is 1. The third kappa shape index (κ3) is 5.56. The first-order valence-electron chi connectivity index (χ1n) is 9.02. The highest BCUT2D eigenvalue weighted by Crippen LogP contribution is 2.31. The maximum atomic E-state index is 5.59. The zero-order chi connectivity index (χ0) is 20.5. The maximum absolute atomic E-state index is 5.59. The molecule has 0 radical (unpaired) electrons. The second-order valence-electron chi connectivity index (χ2n) is 6.05. The molecule has 0 bridgehead atoms. The molecular weight excluding hydrogens is 384 g/mol. The molecule has 148 valence electrons. The maximum Gasteiger partial charge on any atom is 0.162 e. The molecule has 1 aromatic heterocycles. The number of aromatic nitrogens is 2. The summed E-state index contributed by atoms with van der Waals surface area (Å²) in [7, 11) is 3.19. The van der Waals surface area contributed by atoms with Gasteiger partial charge in [-0.1, -0.05) is 60.7 Å². The van der Waals surface area contributed by atoms with Gasteiger partial charge in [0.05, 0.1) is 26.1 Å². The monoisotopic (exact) mass is 406 g/mol. The lowest BCUT2D eigenvalue weighted by Crippen LogP contribution is -1.94. The van der Waals surface area contributed by atoms with Crippen molar-refractivity contribution in [2.24, 2.45) is 0 Å². The molecule has 1 N–H and O–H groups in total. The van der Waals surface area contributed by atoms with Crippen molar-refractivity contribution in [1.29, 1.82) is 0 Å². The Kier molecular flexibility index (Phi) is 7.19. The van der Waals surface area contributed by atoms with Crippen molar-refractivity contribution in [3.63, 3.8) is 0 Å². The zero-order valence-electron chi connectivity index (χ0n) is 16.3. The van der Waals surface area contributed by atoms with Crippen molar-refractivity contribution in [2.75, 3.05) is 14.2 Å². The predicted octanol–water partition coefficient (Wildman–Crippen LogP) is 5.58. The van der Waals surface area contributed by atoms with Gasteiger partial charge in [-0.3, -0.25) is 0 Å². The van der Waals surface area contributed by atoms with Crippen molar-refractivity contribution in [3.05, 3.63) is 89.3 Å². The van der Waals surface area contributed by atoms with Gasteiger partial charge >= 0.3 is 0 Å². The van der Waals surface area contributed by atoms with E-state index in [1.807, 2.05) is 60.7 Å². The summed E-state index contributed by atoms with van der Waals surface area (Å²) >= 11 is 5.11. The normalized spacial score (nSPS) is 10.0. The summed E-state index contributed by atoms with van der Waals surface area (Å²) < 4.78 is 16.5. The van der Waals surface area contributed by atoms with Gasteiger partial charge in [0, 0.05) is 11.5 Å². The summed E-state index contributed by atoms with van der Waals surface area (Å²) in [5.41, 5.74) is 2.07. The summed E-state index contributed by atoms with van der Waals surface area (Å²) in [6.07, 6.45) is 1.57. The van der Waals surface area contributed by atoms with Gasteiger partial charge in [0.25, 0.3) is 0 Å². The number of H-pyrrole nitrogens is 1. The third-order valence-electron chi connectivity index (χ3n) is 4.15. The van der Waals surface area contributed by atoms with E-state index in [1.54, 1.807) is 20.5 Å². The minimum Gasteiger partial charge on any atom is -0.493 e. The molecule has 5 nitrogen and oxygen atoms in total. The first kappa shape index (κ1) is 20.4. The minimum absolute atomic E-state index is 0.546. The van der Waals surface area contributed by atoms with E-state index in [0.29, 0.717) is 22.7 Å². The van der Waals surface area contributed by atoms with Gasteiger partial charge in [0.15, 0.2) is 11.5 Å². The van der Waals surface area contributed by atoms with Crippen molar-refractivity contribution in [3.8, 4) is 17.2 Å². The third-order valence-corrected chi connectivity index (χ3v) is 4.47. The highest BCUT2D eigenvalue weighted by Gasteiger charge is 2.06. The molecule has 0 saturated carbocycles. The first-order chi connectivity index (χ1) is 14.2. The van der Waals surface area contributed by atoms with E-state index in [4.69, 9.17) is 26.4 Å². The SMILES string of the molecule is COc1cc2[nH]cnc(=S)c2cc1OC.c1ccc(COc2ccccc2)cc1. The molecule has 0 saturated heterocycles. The van der Waals surface area contributed by atoms with Crippen LogP contribution in [0.5, 0.6) is 17.2 Å². The number of methoxy groups -OCH3 is 2. The largest absolute Gasteiger partial charge is 0.493 e. The Labute approximate surface area is 174 Å². The Balaban J connectivity index is 0.000000166. The molecule has 0 aliphatic rings. The molecule has 0 spiro atoms. The zero-order valence-corrected chi connectivity index (χ0v) is 17.1. The highest BCUT2D eigenvalue weighted by molar-refractivity contribution is 7.71. The van der Waals surface area contributed by atoms with Crippen LogP contribution >= 0.6 is 12.2 Å². The molecule has 3 aromatic carbocycles. The standard InChI is InChI=1S/C13H12O.C10H10N2O2S/c1-3-7-12(8-4-1)11-14-13-9-5-2-6-10-13;1-13-8-3-6-7(4-9(8)14-2)11-5-12-10(6)15/h1-10H,11H2;3-5H,1-2H3,(H,11,12,15). The lowest BCUT2D eigenvalue weighted by atomic mass is 10.2. The average Bonchev–Trinajstić information content (AvgIpc) is 2.79. The van der Waals surface area contributed by atoms with Gasteiger partial charge < -0.3 is 19.2 Å². The molecule has 1 heterocycles. The number of ether oxygens (including phenoxy) is 3. The quantitative estimate of drug-likeness (QED) is 0.439. The fourth-order valence-electron chi connectivity index (χ4n) is 2.66. The van der Waals surface area contributed by atoms with E-state index in [2.05, 4.69) is 22.1 Å². The molecule has 0 fully saturated rings. The van der Waals surface area contributed by atoms with Crippen LogP contribution in [0.3, 0.4) is 0 Å². The van der Waals surface area contributed by atoms with E-state index < -0.39 is 0 Å². The number of hydrogen-bond acceptors (Lipinski definition) is 5. The molecule has 0 atom stereocenters. The Hall–Kier alpha value is -3.38. The molecule has 0 aliphatic heterocycles. The Morgan fingerprint density at radius 2 is 1.48 bits per heavy atom. The van der Waals surface area contributed by atoms with Crippen molar-refractivity contribution >= 4 is 23.1 Å². The second-order valence-corrected chi connectivity index (χ2v) is 6.43. The van der Waals surface area contributed by atoms with Gasteiger partial charge in [-0.2, -0.15) is 0 Å².